The Hall–Kier alpha value is -1.78. The average molecular weight is 232 g/mol. The van der Waals surface area contributed by atoms with Crippen molar-refractivity contribution in [3.8, 4) is 0 Å². The predicted molar refractivity (Wildman–Crippen MR) is 63.7 cm³/mol. The van der Waals surface area contributed by atoms with Crippen LogP contribution in [0.15, 0.2) is 12.4 Å². The number of aryl methyl sites for hydroxylation is 1. The summed E-state index contributed by atoms with van der Waals surface area (Å²) in [5.41, 5.74) is 1.72. The summed E-state index contributed by atoms with van der Waals surface area (Å²) in [6, 6.07) is 1.89. The van der Waals surface area contributed by atoms with Crippen molar-refractivity contribution in [1.29, 1.82) is 0 Å². The van der Waals surface area contributed by atoms with Crippen LogP contribution in [-0.4, -0.2) is 25.4 Å². The summed E-state index contributed by atoms with van der Waals surface area (Å²) in [6.07, 6.45) is 2.44. The summed E-state index contributed by atoms with van der Waals surface area (Å²) in [7, 11) is 0. The summed E-state index contributed by atoms with van der Waals surface area (Å²) in [5.74, 6) is 1.16. The quantitative estimate of drug-likeness (QED) is 0.803. The predicted octanol–water partition coefficient (Wildman–Crippen LogP) is 1.59. The highest BCUT2D eigenvalue weighted by Gasteiger charge is 2.11. The molecule has 0 atom stereocenters. The van der Waals surface area contributed by atoms with Gasteiger partial charge in [0.1, 0.15) is 12.1 Å². The summed E-state index contributed by atoms with van der Waals surface area (Å²) < 4.78 is 1.63. The summed E-state index contributed by atoms with van der Waals surface area (Å²) in [6.45, 7) is 5.98. The summed E-state index contributed by atoms with van der Waals surface area (Å²) in [4.78, 5) is 20.1. The van der Waals surface area contributed by atoms with Gasteiger partial charge in [0.05, 0.1) is 5.69 Å². The zero-order valence-electron chi connectivity index (χ0n) is 10.3. The SMILES string of the molecule is Cc1cc(CC(=O)CC(C)C)n2ncnc2n1. The molecule has 0 saturated heterocycles. The van der Waals surface area contributed by atoms with Gasteiger partial charge in [-0.3, -0.25) is 4.79 Å². The van der Waals surface area contributed by atoms with E-state index in [1.165, 1.54) is 6.33 Å². The van der Waals surface area contributed by atoms with Crippen LogP contribution in [-0.2, 0) is 11.2 Å². The largest absolute Gasteiger partial charge is 0.299 e. The molecule has 0 unspecified atom stereocenters. The van der Waals surface area contributed by atoms with Crippen LogP contribution < -0.4 is 0 Å². The van der Waals surface area contributed by atoms with E-state index < -0.39 is 0 Å². The molecular formula is C12H16N4O. The van der Waals surface area contributed by atoms with E-state index in [2.05, 4.69) is 15.1 Å². The highest BCUT2D eigenvalue weighted by Crippen LogP contribution is 2.09. The fourth-order valence-electron chi connectivity index (χ4n) is 1.86. The third-order valence-electron chi connectivity index (χ3n) is 2.47. The molecule has 0 amide bonds. The number of aromatic nitrogens is 4. The topological polar surface area (TPSA) is 60.2 Å². The first-order valence-corrected chi connectivity index (χ1v) is 5.74. The second kappa shape index (κ2) is 4.61. The maximum atomic E-state index is 11.8. The van der Waals surface area contributed by atoms with Crippen molar-refractivity contribution < 1.29 is 4.79 Å². The van der Waals surface area contributed by atoms with E-state index in [-0.39, 0.29) is 5.78 Å². The van der Waals surface area contributed by atoms with Crippen molar-refractivity contribution >= 4 is 11.6 Å². The molecule has 0 aromatic carbocycles. The molecule has 90 valence electrons. The van der Waals surface area contributed by atoms with Crippen LogP contribution in [0, 0.1) is 12.8 Å². The minimum absolute atomic E-state index is 0.224. The van der Waals surface area contributed by atoms with Crippen molar-refractivity contribution in [3.63, 3.8) is 0 Å². The zero-order chi connectivity index (χ0) is 12.4. The maximum absolute atomic E-state index is 11.8. The molecule has 5 heteroatoms. The van der Waals surface area contributed by atoms with Gasteiger partial charge in [-0.25, -0.2) is 9.50 Å². The Balaban J connectivity index is 2.28. The summed E-state index contributed by atoms with van der Waals surface area (Å²) >= 11 is 0. The van der Waals surface area contributed by atoms with Crippen molar-refractivity contribution in [2.45, 2.75) is 33.6 Å². The van der Waals surface area contributed by atoms with Gasteiger partial charge in [-0.05, 0) is 18.9 Å². The molecule has 0 saturated carbocycles. The van der Waals surface area contributed by atoms with Gasteiger partial charge in [-0.15, -0.1) is 0 Å². The number of carbonyl (C=O) groups excluding carboxylic acids is 1. The first-order chi connectivity index (χ1) is 8.06. The lowest BCUT2D eigenvalue weighted by atomic mass is 10.0. The molecule has 0 aliphatic rings. The van der Waals surface area contributed by atoms with Crippen LogP contribution >= 0.6 is 0 Å². The second-order valence-electron chi connectivity index (χ2n) is 4.67. The van der Waals surface area contributed by atoms with Gasteiger partial charge < -0.3 is 0 Å². The van der Waals surface area contributed by atoms with Gasteiger partial charge in [0.2, 0.25) is 0 Å². The van der Waals surface area contributed by atoms with Crippen LogP contribution in [0.2, 0.25) is 0 Å². The van der Waals surface area contributed by atoms with Crippen LogP contribution in [0.25, 0.3) is 5.78 Å². The molecule has 5 nitrogen and oxygen atoms in total. The van der Waals surface area contributed by atoms with E-state index in [0.29, 0.717) is 24.5 Å². The standard InChI is InChI=1S/C12H16N4O/c1-8(2)4-11(17)6-10-5-9(3)15-12-13-7-14-16(10)12/h5,7-8H,4,6H2,1-3H3. The van der Waals surface area contributed by atoms with Crippen molar-refractivity contribution in [2.75, 3.05) is 0 Å². The molecule has 2 rings (SSSR count). The van der Waals surface area contributed by atoms with Gasteiger partial charge in [0.25, 0.3) is 5.78 Å². The number of carbonyl (C=O) groups is 1. The van der Waals surface area contributed by atoms with E-state index in [9.17, 15) is 4.79 Å². The van der Waals surface area contributed by atoms with E-state index in [0.717, 1.165) is 11.4 Å². The highest BCUT2D eigenvalue weighted by atomic mass is 16.1. The third-order valence-corrected chi connectivity index (χ3v) is 2.47. The first kappa shape index (κ1) is 11.7. The molecular weight excluding hydrogens is 216 g/mol. The molecule has 0 N–H and O–H groups in total. The number of rotatable bonds is 4. The van der Waals surface area contributed by atoms with Crippen LogP contribution in [0.4, 0.5) is 0 Å². The molecule has 2 aromatic rings. The van der Waals surface area contributed by atoms with E-state index >= 15 is 0 Å². The Morgan fingerprint density at radius 1 is 1.47 bits per heavy atom. The third kappa shape index (κ3) is 2.67. The van der Waals surface area contributed by atoms with E-state index in [1.54, 1.807) is 4.52 Å². The molecule has 0 aliphatic heterocycles. The Morgan fingerprint density at radius 3 is 2.94 bits per heavy atom. The number of ketones is 1. The fourth-order valence-corrected chi connectivity index (χ4v) is 1.86. The van der Waals surface area contributed by atoms with Crippen LogP contribution in [0.1, 0.15) is 31.7 Å². The van der Waals surface area contributed by atoms with E-state index in [4.69, 9.17) is 0 Å². The first-order valence-electron chi connectivity index (χ1n) is 5.74. The van der Waals surface area contributed by atoms with Gasteiger partial charge in [0.15, 0.2) is 0 Å². The van der Waals surface area contributed by atoms with Crippen molar-refractivity contribution in [3.05, 3.63) is 23.8 Å². The van der Waals surface area contributed by atoms with Gasteiger partial charge in [-0.2, -0.15) is 10.1 Å². The minimum Gasteiger partial charge on any atom is -0.299 e. The lowest BCUT2D eigenvalue weighted by molar-refractivity contribution is -0.119. The molecule has 0 radical (unpaired) electrons. The number of fused-ring (bicyclic) bond motifs is 1. The molecule has 0 bridgehead atoms. The van der Waals surface area contributed by atoms with Crippen LogP contribution in [0.3, 0.4) is 0 Å². The molecule has 2 aromatic heterocycles. The zero-order valence-corrected chi connectivity index (χ0v) is 10.3. The van der Waals surface area contributed by atoms with Crippen molar-refractivity contribution in [1.82, 2.24) is 19.6 Å². The monoisotopic (exact) mass is 232 g/mol. The average Bonchev–Trinajstić information content (AvgIpc) is 2.63. The Labute approximate surface area is 99.9 Å². The molecule has 0 aliphatic carbocycles. The lowest BCUT2D eigenvalue weighted by Gasteiger charge is -2.06. The van der Waals surface area contributed by atoms with Crippen molar-refractivity contribution in [2.24, 2.45) is 5.92 Å². The van der Waals surface area contributed by atoms with Gasteiger partial charge in [0, 0.05) is 18.5 Å². The highest BCUT2D eigenvalue weighted by molar-refractivity contribution is 5.80. The Bertz CT molecular complexity index is 544. The Morgan fingerprint density at radius 2 is 2.24 bits per heavy atom. The Kier molecular flexibility index (Phi) is 3.17. The van der Waals surface area contributed by atoms with Gasteiger partial charge >= 0.3 is 0 Å². The normalized spacial score (nSPS) is 11.3. The smallest absolute Gasteiger partial charge is 0.252 e. The minimum atomic E-state index is 0.224. The number of Topliss-reactive ketones (excluding diaryl/α,β-unsaturated/α-hetero) is 1. The van der Waals surface area contributed by atoms with Crippen LogP contribution in [0.5, 0.6) is 0 Å². The number of hydrogen-bond acceptors (Lipinski definition) is 4. The summed E-state index contributed by atoms with van der Waals surface area (Å²) in [5, 5.41) is 4.08. The molecule has 0 fully saturated rings. The van der Waals surface area contributed by atoms with E-state index in [1.807, 2.05) is 26.8 Å². The maximum Gasteiger partial charge on any atom is 0.252 e. The van der Waals surface area contributed by atoms with Gasteiger partial charge in [-0.1, -0.05) is 13.8 Å². The number of hydrogen-bond donors (Lipinski definition) is 0. The number of nitrogens with zero attached hydrogens (tertiary/aromatic N) is 4. The second-order valence-corrected chi connectivity index (χ2v) is 4.67. The molecule has 17 heavy (non-hydrogen) atoms. The molecule has 0 spiro atoms. The molecule has 2 heterocycles. The lowest BCUT2D eigenvalue weighted by Crippen LogP contribution is -2.11. The fraction of sp³-hybridized carbons (Fsp3) is 0.500.